The molecule has 2 fully saturated rings. The third-order valence-electron chi connectivity index (χ3n) is 8.81. The quantitative estimate of drug-likeness (QED) is 0.334. The molecule has 1 unspecified atom stereocenters. The maximum atomic E-state index is 14.4. The second-order valence-corrected chi connectivity index (χ2v) is 11.0. The van der Waals surface area contributed by atoms with Crippen molar-refractivity contribution in [3.8, 4) is 5.75 Å². The summed E-state index contributed by atoms with van der Waals surface area (Å²) in [5.74, 6) is 1.39. The first-order chi connectivity index (χ1) is 16.6. The van der Waals surface area contributed by atoms with Gasteiger partial charge >= 0.3 is 0 Å². The van der Waals surface area contributed by atoms with Crippen LogP contribution in [0.2, 0.25) is 0 Å². The normalized spacial score (nSPS) is 30.1. The van der Waals surface area contributed by atoms with Gasteiger partial charge in [0, 0.05) is 0 Å². The van der Waals surface area contributed by atoms with E-state index < -0.39 is 11.6 Å². The van der Waals surface area contributed by atoms with Gasteiger partial charge in [-0.3, -0.25) is 0 Å². The predicted octanol–water partition coefficient (Wildman–Crippen LogP) is 8.42. The molecule has 4 heteroatoms. The topological polar surface area (TPSA) is 18.5 Å². The number of halogens is 2. The van der Waals surface area contributed by atoms with E-state index in [4.69, 9.17) is 9.47 Å². The minimum absolute atomic E-state index is 0.0121. The largest absolute Gasteiger partial charge is 0.491 e. The average Bonchev–Trinajstić information content (AvgIpc) is 2.88. The van der Waals surface area contributed by atoms with Crippen molar-refractivity contribution in [3.63, 3.8) is 0 Å². The van der Waals surface area contributed by atoms with Gasteiger partial charge in [-0.25, -0.2) is 4.39 Å². The minimum Gasteiger partial charge on any atom is -0.491 e. The molecule has 3 aliphatic rings. The van der Waals surface area contributed by atoms with Gasteiger partial charge in [0.1, 0.15) is 0 Å². The Morgan fingerprint density at radius 3 is 2.24 bits per heavy atom. The molecule has 2 nitrogen and oxygen atoms in total. The first-order valence-corrected chi connectivity index (χ1v) is 14.0. The number of ether oxygens (including phenoxy) is 2. The lowest BCUT2D eigenvalue weighted by molar-refractivity contribution is -0.00361. The molecule has 1 aliphatic heterocycles. The fourth-order valence-electron chi connectivity index (χ4n) is 6.68. The fraction of sp³-hybridized carbons (Fsp3) is 0.733. The monoisotopic (exact) mass is 474 g/mol. The molecule has 2 saturated carbocycles. The zero-order chi connectivity index (χ0) is 23.9. The Morgan fingerprint density at radius 2 is 1.59 bits per heavy atom. The SMILES string of the molecule is CCCC1CCC(C2=CCC(C3CCC(CCc4ccc(OCC)c(F)c4F)CC3)OC2)CC1. The van der Waals surface area contributed by atoms with Crippen molar-refractivity contribution < 1.29 is 18.3 Å². The molecule has 0 saturated heterocycles. The van der Waals surface area contributed by atoms with E-state index in [1.807, 2.05) is 0 Å². The molecule has 1 aromatic carbocycles. The Balaban J connectivity index is 1.19. The van der Waals surface area contributed by atoms with Crippen LogP contribution in [0.4, 0.5) is 8.78 Å². The van der Waals surface area contributed by atoms with Crippen LogP contribution in [-0.4, -0.2) is 19.3 Å². The molecule has 0 radical (unpaired) electrons. The highest BCUT2D eigenvalue weighted by Crippen LogP contribution is 2.40. The molecule has 0 amide bonds. The molecular formula is C30H44F2O2. The van der Waals surface area contributed by atoms with E-state index in [1.54, 1.807) is 24.6 Å². The van der Waals surface area contributed by atoms with Gasteiger partial charge in [0.15, 0.2) is 11.6 Å². The third kappa shape index (κ3) is 6.42. The predicted molar refractivity (Wildman–Crippen MR) is 134 cm³/mol. The standard InChI is InChI=1S/C30H44F2O2/c1-3-5-21-6-11-23(12-7-21)26-17-18-27(34-20-26)24-13-8-22(9-14-24)10-15-25-16-19-28(33-4-2)30(32)29(25)31/h16-17,19,21-24,27H,3-15,18,20H2,1-2H3. The summed E-state index contributed by atoms with van der Waals surface area (Å²) in [6.07, 6.45) is 18.5. The van der Waals surface area contributed by atoms with Gasteiger partial charge in [0.25, 0.3) is 0 Å². The maximum absolute atomic E-state index is 14.4. The second kappa shape index (κ2) is 12.5. The van der Waals surface area contributed by atoms with Crippen molar-refractivity contribution in [2.24, 2.45) is 23.7 Å². The van der Waals surface area contributed by atoms with Gasteiger partial charge in [-0.2, -0.15) is 4.39 Å². The van der Waals surface area contributed by atoms with E-state index in [0.29, 0.717) is 36.5 Å². The Morgan fingerprint density at radius 1 is 0.882 bits per heavy atom. The Kier molecular flexibility index (Phi) is 9.45. The van der Waals surface area contributed by atoms with Gasteiger partial charge in [0.05, 0.1) is 19.3 Å². The molecule has 0 spiro atoms. The van der Waals surface area contributed by atoms with Crippen LogP contribution in [0, 0.1) is 35.3 Å². The van der Waals surface area contributed by atoms with Crippen LogP contribution in [0.1, 0.15) is 96.5 Å². The maximum Gasteiger partial charge on any atom is 0.200 e. The van der Waals surface area contributed by atoms with Crippen molar-refractivity contribution in [3.05, 3.63) is 41.0 Å². The lowest BCUT2D eigenvalue weighted by atomic mass is 9.74. The van der Waals surface area contributed by atoms with E-state index in [9.17, 15) is 8.78 Å². The molecule has 34 heavy (non-hydrogen) atoms. The summed E-state index contributed by atoms with van der Waals surface area (Å²) < 4.78 is 40.1. The van der Waals surface area contributed by atoms with Gasteiger partial charge in [-0.15, -0.1) is 0 Å². The van der Waals surface area contributed by atoms with Gasteiger partial charge in [0.2, 0.25) is 5.82 Å². The number of rotatable bonds is 9. The second-order valence-electron chi connectivity index (χ2n) is 11.0. The van der Waals surface area contributed by atoms with Crippen LogP contribution in [0.3, 0.4) is 0 Å². The van der Waals surface area contributed by atoms with Crippen molar-refractivity contribution >= 4 is 0 Å². The Hall–Kier alpha value is -1.42. The third-order valence-corrected chi connectivity index (χ3v) is 8.81. The summed E-state index contributed by atoms with van der Waals surface area (Å²) in [5.41, 5.74) is 2.05. The van der Waals surface area contributed by atoms with Crippen molar-refractivity contribution in [1.82, 2.24) is 0 Å². The van der Waals surface area contributed by atoms with Crippen molar-refractivity contribution in [1.29, 1.82) is 0 Å². The highest BCUT2D eigenvalue weighted by molar-refractivity contribution is 5.31. The van der Waals surface area contributed by atoms with E-state index in [0.717, 1.165) is 31.3 Å². The Labute approximate surface area is 205 Å². The zero-order valence-corrected chi connectivity index (χ0v) is 21.3. The average molecular weight is 475 g/mol. The van der Waals surface area contributed by atoms with Gasteiger partial charge in [-0.05, 0) is 106 Å². The summed E-state index contributed by atoms with van der Waals surface area (Å²) in [5, 5.41) is 0. The summed E-state index contributed by atoms with van der Waals surface area (Å²) in [7, 11) is 0. The van der Waals surface area contributed by atoms with Gasteiger partial charge in [-0.1, -0.05) is 44.7 Å². The molecule has 190 valence electrons. The molecule has 0 aromatic heterocycles. The zero-order valence-electron chi connectivity index (χ0n) is 21.3. The smallest absolute Gasteiger partial charge is 0.200 e. The summed E-state index contributed by atoms with van der Waals surface area (Å²) in [6, 6.07) is 3.25. The molecule has 1 atom stereocenters. The van der Waals surface area contributed by atoms with E-state index in [-0.39, 0.29) is 5.75 Å². The van der Waals surface area contributed by atoms with Crippen LogP contribution in [0.25, 0.3) is 0 Å². The molecular weight excluding hydrogens is 430 g/mol. The molecule has 0 N–H and O–H groups in total. The molecule has 4 rings (SSSR count). The number of hydrogen-bond donors (Lipinski definition) is 0. The highest BCUT2D eigenvalue weighted by Gasteiger charge is 2.31. The van der Waals surface area contributed by atoms with Gasteiger partial charge < -0.3 is 9.47 Å². The molecule has 1 aromatic rings. The first kappa shape index (κ1) is 25.7. The molecule has 0 bridgehead atoms. The van der Waals surface area contributed by atoms with Crippen LogP contribution in [0.15, 0.2) is 23.8 Å². The number of aryl methyl sites for hydroxylation is 1. The lowest BCUT2D eigenvalue weighted by Gasteiger charge is -2.37. The van der Waals surface area contributed by atoms with Crippen molar-refractivity contribution in [2.45, 2.75) is 103 Å². The Bertz CT molecular complexity index is 804. The lowest BCUT2D eigenvalue weighted by Crippen LogP contribution is -2.32. The van der Waals surface area contributed by atoms with Crippen LogP contribution in [0.5, 0.6) is 5.75 Å². The molecule has 1 heterocycles. The van der Waals surface area contributed by atoms with E-state index in [2.05, 4.69) is 13.0 Å². The first-order valence-electron chi connectivity index (χ1n) is 14.0. The van der Waals surface area contributed by atoms with Crippen LogP contribution in [-0.2, 0) is 11.2 Å². The number of benzene rings is 1. The van der Waals surface area contributed by atoms with Crippen LogP contribution >= 0.6 is 0 Å². The van der Waals surface area contributed by atoms with Crippen LogP contribution < -0.4 is 4.74 Å². The fourth-order valence-corrected chi connectivity index (χ4v) is 6.68. The minimum atomic E-state index is -0.848. The van der Waals surface area contributed by atoms with Crippen molar-refractivity contribution in [2.75, 3.05) is 13.2 Å². The highest BCUT2D eigenvalue weighted by atomic mass is 19.2. The summed E-state index contributed by atoms with van der Waals surface area (Å²) >= 11 is 0. The summed E-state index contributed by atoms with van der Waals surface area (Å²) in [4.78, 5) is 0. The number of hydrogen-bond acceptors (Lipinski definition) is 2. The summed E-state index contributed by atoms with van der Waals surface area (Å²) in [6.45, 7) is 5.26. The molecule has 2 aliphatic carbocycles. The van der Waals surface area contributed by atoms with E-state index >= 15 is 0 Å². The van der Waals surface area contributed by atoms with E-state index in [1.165, 1.54) is 64.2 Å².